The first-order valence-corrected chi connectivity index (χ1v) is 11.3. The van der Waals surface area contributed by atoms with Crippen molar-refractivity contribution >= 4 is 33.4 Å². The zero-order chi connectivity index (χ0) is 21.6. The molecule has 158 valence electrons. The summed E-state index contributed by atoms with van der Waals surface area (Å²) in [7, 11) is -4.01. The number of hydrogen-bond donors (Lipinski definition) is 2. The van der Waals surface area contributed by atoms with Crippen LogP contribution in [0.5, 0.6) is 0 Å². The largest absolute Gasteiger partial charge is 0.337 e. The van der Waals surface area contributed by atoms with Crippen molar-refractivity contribution in [1.82, 2.24) is 10.0 Å². The Balaban J connectivity index is 1.76. The first kappa shape index (κ1) is 21.5. The van der Waals surface area contributed by atoms with E-state index in [0.717, 1.165) is 24.1 Å². The normalized spacial score (nSPS) is 14.2. The van der Waals surface area contributed by atoms with Gasteiger partial charge in [0, 0.05) is 19.4 Å². The summed E-state index contributed by atoms with van der Waals surface area (Å²) in [6.45, 7) is 2.37. The number of sulfonamides is 1. The SMILES string of the molecule is CCCCNC(=O)NS(=O)(=O)c1ccc(N2N=C(c3ccccc3)CCC2=O)cc1. The van der Waals surface area contributed by atoms with Crippen molar-refractivity contribution in [2.75, 3.05) is 11.6 Å². The smallest absolute Gasteiger partial charge is 0.328 e. The van der Waals surface area contributed by atoms with E-state index in [1.165, 1.54) is 29.3 Å². The number of rotatable bonds is 7. The van der Waals surface area contributed by atoms with Gasteiger partial charge in [0.05, 0.1) is 16.3 Å². The zero-order valence-electron chi connectivity index (χ0n) is 16.7. The van der Waals surface area contributed by atoms with Crippen molar-refractivity contribution in [3.63, 3.8) is 0 Å². The molecule has 8 nitrogen and oxygen atoms in total. The number of nitrogens with zero attached hydrogens (tertiary/aromatic N) is 2. The zero-order valence-corrected chi connectivity index (χ0v) is 17.5. The number of carbonyl (C=O) groups excluding carboxylic acids is 2. The lowest BCUT2D eigenvalue weighted by molar-refractivity contribution is -0.118. The Kier molecular flexibility index (Phi) is 6.83. The summed E-state index contributed by atoms with van der Waals surface area (Å²) >= 11 is 0. The summed E-state index contributed by atoms with van der Waals surface area (Å²) < 4.78 is 26.8. The number of amides is 3. The maximum atomic E-state index is 12.4. The van der Waals surface area contributed by atoms with Crippen LogP contribution in [-0.4, -0.2) is 32.6 Å². The van der Waals surface area contributed by atoms with E-state index in [1.54, 1.807) is 0 Å². The number of carbonyl (C=O) groups is 2. The summed E-state index contributed by atoms with van der Waals surface area (Å²) in [4.78, 5) is 24.0. The van der Waals surface area contributed by atoms with Gasteiger partial charge >= 0.3 is 6.03 Å². The molecule has 0 saturated carbocycles. The highest BCUT2D eigenvalue weighted by Crippen LogP contribution is 2.24. The third-order valence-electron chi connectivity index (χ3n) is 4.57. The van der Waals surface area contributed by atoms with Gasteiger partial charge in [0.2, 0.25) is 5.91 Å². The average molecular weight is 429 g/mol. The number of anilines is 1. The van der Waals surface area contributed by atoms with Gasteiger partial charge in [-0.05, 0) is 36.2 Å². The molecule has 0 fully saturated rings. The van der Waals surface area contributed by atoms with Crippen LogP contribution in [-0.2, 0) is 14.8 Å². The van der Waals surface area contributed by atoms with Crippen LogP contribution in [0.3, 0.4) is 0 Å². The fourth-order valence-electron chi connectivity index (χ4n) is 2.95. The molecule has 2 N–H and O–H groups in total. The van der Waals surface area contributed by atoms with Crippen molar-refractivity contribution in [2.45, 2.75) is 37.5 Å². The van der Waals surface area contributed by atoms with Gasteiger partial charge in [0.15, 0.2) is 0 Å². The van der Waals surface area contributed by atoms with E-state index in [9.17, 15) is 18.0 Å². The van der Waals surface area contributed by atoms with Crippen LogP contribution >= 0.6 is 0 Å². The Morgan fingerprint density at radius 1 is 1.07 bits per heavy atom. The molecule has 0 spiro atoms. The molecule has 0 atom stereocenters. The van der Waals surface area contributed by atoms with Crippen LogP contribution in [0, 0.1) is 0 Å². The van der Waals surface area contributed by atoms with Gasteiger partial charge in [-0.3, -0.25) is 4.79 Å². The number of hydrazone groups is 1. The van der Waals surface area contributed by atoms with Crippen molar-refractivity contribution in [3.05, 3.63) is 60.2 Å². The van der Waals surface area contributed by atoms with E-state index in [4.69, 9.17) is 0 Å². The molecule has 30 heavy (non-hydrogen) atoms. The molecular weight excluding hydrogens is 404 g/mol. The predicted octanol–water partition coefficient (Wildman–Crippen LogP) is 3.01. The maximum Gasteiger partial charge on any atom is 0.328 e. The molecule has 1 aliphatic rings. The third kappa shape index (κ3) is 5.24. The number of unbranched alkanes of at least 4 members (excludes halogenated alkanes) is 1. The van der Waals surface area contributed by atoms with Crippen LogP contribution in [0.25, 0.3) is 0 Å². The molecule has 0 aliphatic carbocycles. The lowest BCUT2D eigenvalue weighted by Gasteiger charge is -2.24. The number of nitrogens with one attached hydrogen (secondary N) is 2. The molecular formula is C21H24N4O4S. The number of benzene rings is 2. The molecule has 3 amide bonds. The molecule has 9 heteroatoms. The van der Waals surface area contributed by atoms with Crippen LogP contribution in [0.2, 0.25) is 0 Å². The highest BCUT2D eigenvalue weighted by atomic mass is 32.2. The third-order valence-corrected chi connectivity index (χ3v) is 5.92. The van der Waals surface area contributed by atoms with Crippen LogP contribution in [0.4, 0.5) is 10.5 Å². The molecule has 3 rings (SSSR count). The lowest BCUT2D eigenvalue weighted by atomic mass is 10.0. The second-order valence-electron chi connectivity index (χ2n) is 6.83. The highest BCUT2D eigenvalue weighted by Gasteiger charge is 2.24. The molecule has 1 aliphatic heterocycles. The molecule has 0 unspecified atom stereocenters. The Bertz CT molecular complexity index is 1030. The predicted molar refractivity (Wildman–Crippen MR) is 115 cm³/mol. The monoisotopic (exact) mass is 428 g/mol. The first-order valence-electron chi connectivity index (χ1n) is 9.77. The van der Waals surface area contributed by atoms with Crippen molar-refractivity contribution in [2.24, 2.45) is 5.10 Å². The average Bonchev–Trinajstić information content (AvgIpc) is 2.75. The molecule has 2 aromatic rings. The van der Waals surface area contributed by atoms with Gasteiger partial charge in [-0.2, -0.15) is 5.10 Å². The molecule has 1 heterocycles. The van der Waals surface area contributed by atoms with Gasteiger partial charge in [-0.1, -0.05) is 43.7 Å². The molecule has 0 radical (unpaired) electrons. The minimum atomic E-state index is -4.01. The van der Waals surface area contributed by atoms with E-state index in [-0.39, 0.29) is 10.8 Å². The maximum absolute atomic E-state index is 12.4. The standard InChI is InChI=1S/C21H24N4O4S/c1-2-3-15-22-21(27)24-30(28,29)18-11-9-17(10-12-18)25-20(26)14-13-19(23-25)16-7-5-4-6-8-16/h4-12H,2-3,13-15H2,1H3,(H2,22,24,27). The number of urea groups is 1. The Labute approximate surface area is 176 Å². The Morgan fingerprint density at radius 3 is 2.43 bits per heavy atom. The topological polar surface area (TPSA) is 108 Å². The number of hydrogen-bond acceptors (Lipinski definition) is 5. The summed E-state index contributed by atoms with van der Waals surface area (Å²) in [5.74, 6) is -0.168. The molecule has 2 aromatic carbocycles. The minimum Gasteiger partial charge on any atom is -0.337 e. The molecule has 0 aromatic heterocycles. The first-order chi connectivity index (χ1) is 14.4. The second kappa shape index (κ2) is 9.53. The van der Waals surface area contributed by atoms with Crippen LogP contribution in [0.1, 0.15) is 38.2 Å². The summed E-state index contributed by atoms with van der Waals surface area (Å²) in [5, 5.41) is 8.24. The fourth-order valence-corrected chi connectivity index (χ4v) is 3.88. The molecule has 0 bridgehead atoms. The van der Waals surface area contributed by atoms with E-state index < -0.39 is 16.1 Å². The summed E-state index contributed by atoms with van der Waals surface area (Å²) in [6, 6.07) is 14.5. The van der Waals surface area contributed by atoms with Crippen molar-refractivity contribution in [3.8, 4) is 0 Å². The van der Waals surface area contributed by atoms with Gasteiger partial charge in [0.1, 0.15) is 0 Å². The van der Waals surface area contributed by atoms with Gasteiger partial charge < -0.3 is 5.32 Å². The summed E-state index contributed by atoms with van der Waals surface area (Å²) in [5.41, 5.74) is 2.18. The van der Waals surface area contributed by atoms with E-state index in [2.05, 4.69) is 10.4 Å². The van der Waals surface area contributed by atoms with E-state index in [0.29, 0.717) is 25.1 Å². The summed E-state index contributed by atoms with van der Waals surface area (Å²) in [6.07, 6.45) is 2.51. The Hall–Kier alpha value is -3.20. The fraction of sp³-hybridized carbons (Fsp3) is 0.286. The molecule has 0 saturated heterocycles. The van der Waals surface area contributed by atoms with Gasteiger partial charge in [0.25, 0.3) is 10.0 Å². The second-order valence-corrected chi connectivity index (χ2v) is 8.51. The van der Waals surface area contributed by atoms with Crippen molar-refractivity contribution < 1.29 is 18.0 Å². The Morgan fingerprint density at radius 2 is 1.77 bits per heavy atom. The van der Waals surface area contributed by atoms with Crippen LogP contribution < -0.4 is 15.0 Å². The van der Waals surface area contributed by atoms with Gasteiger partial charge in [-0.25, -0.2) is 22.9 Å². The van der Waals surface area contributed by atoms with Gasteiger partial charge in [-0.15, -0.1) is 0 Å². The van der Waals surface area contributed by atoms with E-state index in [1.807, 2.05) is 42.0 Å². The minimum absolute atomic E-state index is 0.0754. The highest BCUT2D eigenvalue weighted by molar-refractivity contribution is 7.90. The van der Waals surface area contributed by atoms with E-state index >= 15 is 0 Å². The quantitative estimate of drug-likeness (QED) is 0.661. The lowest BCUT2D eigenvalue weighted by Crippen LogP contribution is -2.39. The van der Waals surface area contributed by atoms with Crippen molar-refractivity contribution in [1.29, 1.82) is 0 Å². The van der Waals surface area contributed by atoms with Crippen LogP contribution in [0.15, 0.2) is 64.6 Å².